The van der Waals surface area contributed by atoms with Crippen molar-refractivity contribution in [3.63, 3.8) is 0 Å². The average molecular weight is 493 g/mol. The second-order valence-corrected chi connectivity index (χ2v) is 11.6. The van der Waals surface area contributed by atoms with Gasteiger partial charge in [0.05, 0.1) is 0 Å². The van der Waals surface area contributed by atoms with E-state index in [1.54, 1.807) is 12.6 Å². The van der Waals surface area contributed by atoms with Gasteiger partial charge >= 0.3 is 12.2 Å². The highest BCUT2D eigenvalue weighted by atomic mass is 16.6. The minimum Gasteiger partial charge on any atom is -0.446 e. The van der Waals surface area contributed by atoms with Gasteiger partial charge in [0.1, 0.15) is 12.2 Å². The summed E-state index contributed by atoms with van der Waals surface area (Å²) < 4.78 is 11.9. The summed E-state index contributed by atoms with van der Waals surface area (Å²) in [4.78, 5) is 25.1. The third-order valence-electron chi connectivity index (χ3n) is 10.0. The summed E-state index contributed by atoms with van der Waals surface area (Å²) >= 11 is 0. The first kappa shape index (κ1) is 24.9. The van der Waals surface area contributed by atoms with Gasteiger partial charge in [0.25, 0.3) is 0 Å². The van der Waals surface area contributed by atoms with Crippen LogP contribution in [0.2, 0.25) is 0 Å². The van der Waals surface area contributed by atoms with Gasteiger partial charge in [0, 0.05) is 31.0 Å². The molecule has 2 amide bonds. The first-order valence-electron chi connectivity index (χ1n) is 13.6. The molecule has 3 fully saturated rings. The summed E-state index contributed by atoms with van der Waals surface area (Å²) in [6, 6.07) is 9.37. The molecule has 36 heavy (non-hydrogen) atoms. The van der Waals surface area contributed by atoms with Crippen LogP contribution in [0.3, 0.4) is 0 Å². The Balaban J connectivity index is 1.45. The van der Waals surface area contributed by atoms with Crippen LogP contribution in [0.5, 0.6) is 0 Å². The number of allylic oxidation sites excluding steroid dienone is 3. The molecule has 0 aromatic heterocycles. The monoisotopic (exact) mass is 492 g/mol. The molecule has 1 aromatic rings. The topological polar surface area (TPSA) is 76.7 Å². The van der Waals surface area contributed by atoms with Crippen LogP contribution in [0, 0.1) is 28.6 Å². The highest BCUT2D eigenvalue weighted by Crippen LogP contribution is 2.65. The zero-order chi connectivity index (χ0) is 25.5. The molecule has 4 aliphatic rings. The third kappa shape index (κ3) is 4.12. The van der Waals surface area contributed by atoms with Crippen LogP contribution in [0.1, 0.15) is 65.7 Å². The van der Waals surface area contributed by atoms with Gasteiger partial charge in [0.15, 0.2) is 0 Å². The van der Waals surface area contributed by atoms with Crippen molar-refractivity contribution in [1.29, 1.82) is 0 Å². The SMILES string of the molecule is CC[C@H]1CC[C@H]2C3=CC=C4C[C@@H](OC(=O)NC)C[C@H](OC(=O)Nc5ccccc5)[C@]4(C)[C@H]3CC[C@]12C. The van der Waals surface area contributed by atoms with Gasteiger partial charge in [-0.3, -0.25) is 5.32 Å². The molecule has 0 heterocycles. The second-order valence-electron chi connectivity index (χ2n) is 11.6. The summed E-state index contributed by atoms with van der Waals surface area (Å²) in [5.74, 6) is 1.71. The first-order valence-corrected chi connectivity index (χ1v) is 13.6. The first-order chi connectivity index (χ1) is 17.3. The van der Waals surface area contributed by atoms with Gasteiger partial charge in [-0.1, -0.05) is 68.7 Å². The number of ether oxygens (including phenoxy) is 2. The summed E-state index contributed by atoms with van der Waals surface area (Å²) in [5, 5.41) is 5.44. The predicted octanol–water partition coefficient (Wildman–Crippen LogP) is 6.85. The molecule has 0 radical (unpaired) electrons. The van der Waals surface area contributed by atoms with E-state index in [1.165, 1.54) is 31.3 Å². The predicted molar refractivity (Wildman–Crippen MR) is 141 cm³/mol. The lowest BCUT2D eigenvalue weighted by atomic mass is 9.49. The molecule has 0 spiro atoms. The maximum atomic E-state index is 13.1. The number of rotatable bonds is 4. The zero-order valence-corrected chi connectivity index (χ0v) is 22.0. The van der Waals surface area contributed by atoms with E-state index in [4.69, 9.17) is 9.47 Å². The molecule has 6 heteroatoms. The Labute approximate surface area is 214 Å². The van der Waals surface area contributed by atoms with Crippen LogP contribution < -0.4 is 10.6 Å². The fourth-order valence-electron chi connectivity index (χ4n) is 8.05. The van der Waals surface area contributed by atoms with E-state index in [0.29, 0.717) is 35.8 Å². The van der Waals surface area contributed by atoms with Crippen molar-refractivity contribution >= 4 is 17.9 Å². The number of benzene rings is 1. The Morgan fingerprint density at radius 3 is 2.50 bits per heavy atom. The molecule has 0 saturated heterocycles. The standard InChI is InChI=1S/C30H40N2O4/c1-5-19-12-14-24-23-13-11-20-17-22(35-27(33)31-4)18-26(30(20,3)25(23)15-16-29(19,24)2)36-28(34)32-21-9-7-6-8-10-21/h6-11,13,19,22,24-26H,5,12,14-18H2,1-4H3,(H,31,33)(H,32,34)/t19-,22+,24-,25-,26-,29+,30-/m0/s1. The number of alkyl carbamates (subject to hydrolysis) is 1. The highest BCUT2D eigenvalue weighted by Gasteiger charge is 2.59. The van der Waals surface area contributed by atoms with Crippen LogP contribution in [0.15, 0.2) is 53.6 Å². The lowest BCUT2D eigenvalue weighted by Gasteiger charge is -2.56. The van der Waals surface area contributed by atoms with Crippen molar-refractivity contribution in [2.24, 2.45) is 28.6 Å². The number of amides is 2. The van der Waals surface area contributed by atoms with Crippen molar-refractivity contribution in [3.8, 4) is 0 Å². The van der Waals surface area contributed by atoms with Crippen LogP contribution in [-0.4, -0.2) is 31.4 Å². The molecule has 7 atom stereocenters. The van der Waals surface area contributed by atoms with E-state index >= 15 is 0 Å². The van der Waals surface area contributed by atoms with Crippen LogP contribution in [0.4, 0.5) is 15.3 Å². The Bertz CT molecular complexity index is 1070. The summed E-state index contributed by atoms with van der Waals surface area (Å²) in [7, 11) is 1.57. The minimum atomic E-state index is -0.462. The number of hydrogen-bond acceptors (Lipinski definition) is 4. The van der Waals surface area contributed by atoms with E-state index < -0.39 is 18.3 Å². The number of anilines is 1. The van der Waals surface area contributed by atoms with E-state index in [1.807, 2.05) is 30.3 Å². The van der Waals surface area contributed by atoms with Gasteiger partial charge in [-0.05, 0) is 61.0 Å². The molecular formula is C30H40N2O4. The Hall–Kier alpha value is -2.76. The van der Waals surface area contributed by atoms with Crippen molar-refractivity contribution in [1.82, 2.24) is 5.32 Å². The molecule has 6 nitrogen and oxygen atoms in total. The third-order valence-corrected chi connectivity index (χ3v) is 10.0. The van der Waals surface area contributed by atoms with Gasteiger partial charge in [0.2, 0.25) is 0 Å². The fraction of sp³-hybridized carbons (Fsp3) is 0.600. The second kappa shape index (κ2) is 9.60. The molecule has 4 aliphatic carbocycles. The number of para-hydroxylation sites is 1. The molecule has 3 saturated carbocycles. The van der Waals surface area contributed by atoms with Gasteiger partial charge in [-0.2, -0.15) is 0 Å². The highest BCUT2D eigenvalue weighted by molar-refractivity contribution is 5.84. The Kier molecular flexibility index (Phi) is 6.65. The van der Waals surface area contributed by atoms with E-state index in [-0.39, 0.29) is 11.5 Å². The van der Waals surface area contributed by atoms with Crippen molar-refractivity contribution in [3.05, 3.63) is 53.6 Å². The number of carbonyl (C=O) groups excluding carboxylic acids is 2. The largest absolute Gasteiger partial charge is 0.446 e. The number of hydrogen-bond donors (Lipinski definition) is 2. The van der Waals surface area contributed by atoms with Crippen molar-refractivity contribution < 1.29 is 19.1 Å². The van der Waals surface area contributed by atoms with Gasteiger partial charge < -0.3 is 14.8 Å². The molecule has 5 rings (SSSR count). The quantitative estimate of drug-likeness (QED) is 0.482. The average Bonchev–Trinajstić information content (AvgIpc) is 3.21. The molecule has 194 valence electrons. The molecule has 0 bridgehead atoms. The van der Waals surface area contributed by atoms with Gasteiger partial charge in [-0.15, -0.1) is 0 Å². The fourth-order valence-corrected chi connectivity index (χ4v) is 8.05. The van der Waals surface area contributed by atoms with E-state index in [9.17, 15) is 9.59 Å². The summed E-state index contributed by atoms with van der Waals surface area (Å²) in [6.07, 6.45) is 10.2. The Morgan fingerprint density at radius 1 is 1.00 bits per heavy atom. The number of fused-ring (bicyclic) bond motifs is 5. The van der Waals surface area contributed by atoms with Crippen LogP contribution in [-0.2, 0) is 9.47 Å². The van der Waals surface area contributed by atoms with Crippen molar-refractivity contribution in [2.75, 3.05) is 12.4 Å². The van der Waals surface area contributed by atoms with E-state index in [0.717, 1.165) is 12.3 Å². The molecule has 1 aromatic carbocycles. The normalized spacial score (nSPS) is 36.8. The molecule has 0 unspecified atom stereocenters. The van der Waals surface area contributed by atoms with E-state index in [2.05, 4.69) is 43.6 Å². The molecule has 2 N–H and O–H groups in total. The van der Waals surface area contributed by atoms with Crippen LogP contribution in [0.25, 0.3) is 0 Å². The maximum Gasteiger partial charge on any atom is 0.411 e. The van der Waals surface area contributed by atoms with Crippen molar-refractivity contribution in [2.45, 2.75) is 77.9 Å². The molecule has 0 aliphatic heterocycles. The lowest BCUT2D eigenvalue weighted by Crippen LogP contribution is -2.54. The maximum absolute atomic E-state index is 13.1. The van der Waals surface area contributed by atoms with Gasteiger partial charge in [-0.25, -0.2) is 9.59 Å². The Morgan fingerprint density at radius 2 is 1.78 bits per heavy atom. The minimum absolute atomic E-state index is 0.313. The lowest BCUT2D eigenvalue weighted by molar-refractivity contribution is -0.0587. The zero-order valence-electron chi connectivity index (χ0n) is 22.0. The van der Waals surface area contributed by atoms with Crippen LogP contribution >= 0.6 is 0 Å². The smallest absolute Gasteiger partial charge is 0.411 e. The summed E-state index contributed by atoms with van der Waals surface area (Å²) in [6.45, 7) is 7.12. The number of carbonyl (C=O) groups is 2. The number of nitrogens with one attached hydrogen (secondary N) is 2. The molecular weight excluding hydrogens is 452 g/mol. The summed E-state index contributed by atoms with van der Waals surface area (Å²) in [5.41, 5.74) is 3.52.